The van der Waals surface area contributed by atoms with Gasteiger partial charge >= 0.3 is 0 Å². The number of thioether (sulfide) groups is 1. The molecular weight excluding hydrogens is 344 g/mol. The SMILES string of the molecule is COc1cc(CN(C)[C@H]2CCCN(c3ccccc3)C2=O)ccc1SC. The maximum atomic E-state index is 13.0. The van der Waals surface area contributed by atoms with Gasteiger partial charge in [0.05, 0.1) is 13.2 Å². The summed E-state index contributed by atoms with van der Waals surface area (Å²) < 4.78 is 5.49. The summed E-state index contributed by atoms with van der Waals surface area (Å²) in [7, 11) is 3.73. The smallest absolute Gasteiger partial charge is 0.244 e. The standard InChI is InChI=1S/C21H26N2O2S/c1-22(15-16-11-12-20(26-3)19(14-16)25-2)18-10-7-13-23(21(18)24)17-8-5-4-6-9-17/h4-6,8-9,11-12,14,18H,7,10,13,15H2,1-3H3/t18-/m0/s1. The molecule has 1 atom stereocenters. The van der Waals surface area contributed by atoms with Crippen LogP contribution in [-0.2, 0) is 11.3 Å². The fourth-order valence-electron chi connectivity index (χ4n) is 3.51. The van der Waals surface area contributed by atoms with Crippen LogP contribution in [0.1, 0.15) is 18.4 Å². The van der Waals surface area contributed by atoms with Crippen molar-refractivity contribution < 1.29 is 9.53 Å². The van der Waals surface area contributed by atoms with E-state index in [2.05, 4.69) is 23.1 Å². The number of piperidine rings is 1. The minimum atomic E-state index is -0.0878. The first kappa shape index (κ1) is 18.8. The van der Waals surface area contributed by atoms with E-state index in [1.54, 1.807) is 18.9 Å². The summed E-state index contributed by atoms with van der Waals surface area (Å²) in [5, 5.41) is 0. The zero-order chi connectivity index (χ0) is 18.5. The Morgan fingerprint density at radius 1 is 1.23 bits per heavy atom. The molecule has 0 unspecified atom stereocenters. The van der Waals surface area contributed by atoms with Gasteiger partial charge in [-0.3, -0.25) is 9.69 Å². The van der Waals surface area contributed by atoms with Crippen LogP contribution < -0.4 is 9.64 Å². The van der Waals surface area contributed by atoms with Crippen molar-refractivity contribution in [2.24, 2.45) is 0 Å². The predicted octanol–water partition coefficient (Wildman–Crippen LogP) is 4.04. The van der Waals surface area contributed by atoms with Gasteiger partial charge in [-0.1, -0.05) is 24.3 Å². The molecule has 1 fully saturated rings. The molecule has 1 heterocycles. The van der Waals surface area contributed by atoms with Crippen molar-refractivity contribution in [3.05, 3.63) is 54.1 Å². The second-order valence-corrected chi connectivity index (χ2v) is 7.44. The molecule has 1 saturated heterocycles. The summed E-state index contributed by atoms with van der Waals surface area (Å²) in [5.74, 6) is 1.09. The number of likely N-dealkylation sites (N-methyl/N-ethyl adjacent to an activating group) is 1. The molecule has 1 aliphatic rings. The summed E-state index contributed by atoms with van der Waals surface area (Å²) >= 11 is 1.67. The minimum Gasteiger partial charge on any atom is -0.496 e. The molecule has 0 aromatic heterocycles. The molecule has 1 amide bonds. The number of para-hydroxylation sites is 1. The third-order valence-electron chi connectivity index (χ3n) is 4.89. The third kappa shape index (κ3) is 4.05. The molecule has 4 nitrogen and oxygen atoms in total. The van der Waals surface area contributed by atoms with Gasteiger partial charge in [0.1, 0.15) is 5.75 Å². The number of hydrogen-bond acceptors (Lipinski definition) is 4. The van der Waals surface area contributed by atoms with Gasteiger partial charge in [0, 0.05) is 23.7 Å². The number of amides is 1. The number of carbonyl (C=O) groups excluding carboxylic acids is 1. The fourth-order valence-corrected chi connectivity index (χ4v) is 4.05. The molecule has 138 valence electrons. The van der Waals surface area contributed by atoms with E-state index in [4.69, 9.17) is 4.74 Å². The highest BCUT2D eigenvalue weighted by Gasteiger charge is 2.32. The largest absolute Gasteiger partial charge is 0.496 e. The molecule has 26 heavy (non-hydrogen) atoms. The van der Waals surface area contributed by atoms with E-state index >= 15 is 0 Å². The average Bonchev–Trinajstić information content (AvgIpc) is 2.68. The molecule has 2 aromatic rings. The van der Waals surface area contributed by atoms with E-state index in [0.29, 0.717) is 0 Å². The lowest BCUT2D eigenvalue weighted by atomic mass is 10.0. The van der Waals surface area contributed by atoms with E-state index in [9.17, 15) is 4.79 Å². The Bertz CT molecular complexity index is 751. The van der Waals surface area contributed by atoms with Crippen molar-refractivity contribution in [3.63, 3.8) is 0 Å². The summed E-state index contributed by atoms with van der Waals surface area (Å²) in [6.07, 6.45) is 3.96. The molecule has 0 radical (unpaired) electrons. The maximum absolute atomic E-state index is 13.0. The van der Waals surface area contributed by atoms with Gasteiger partial charge in [0.15, 0.2) is 0 Å². The zero-order valence-electron chi connectivity index (χ0n) is 15.6. The van der Waals surface area contributed by atoms with Crippen LogP contribution >= 0.6 is 11.8 Å². The van der Waals surface area contributed by atoms with Crippen LogP contribution in [0.15, 0.2) is 53.4 Å². The van der Waals surface area contributed by atoms with Gasteiger partial charge in [-0.25, -0.2) is 0 Å². The number of ether oxygens (including phenoxy) is 1. The minimum absolute atomic E-state index is 0.0878. The number of carbonyl (C=O) groups is 1. The van der Waals surface area contributed by atoms with Gasteiger partial charge in [-0.05, 0) is 56.0 Å². The van der Waals surface area contributed by atoms with Crippen LogP contribution in [0.25, 0.3) is 0 Å². The van der Waals surface area contributed by atoms with E-state index in [-0.39, 0.29) is 11.9 Å². The molecule has 0 aliphatic carbocycles. The highest BCUT2D eigenvalue weighted by atomic mass is 32.2. The van der Waals surface area contributed by atoms with E-state index in [1.807, 2.05) is 48.5 Å². The summed E-state index contributed by atoms with van der Waals surface area (Å²) in [6.45, 7) is 1.52. The van der Waals surface area contributed by atoms with Crippen molar-refractivity contribution in [2.75, 3.05) is 31.9 Å². The molecule has 0 bridgehead atoms. The van der Waals surface area contributed by atoms with Crippen LogP contribution in [0.3, 0.4) is 0 Å². The Morgan fingerprint density at radius 3 is 2.69 bits per heavy atom. The maximum Gasteiger partial charge on any atom is 0.244 e. The first-order valence-electron chi connectivity index (χ1n) is 8.91. The molecule has 0 spiro atoms. The van der Waals surface area contributed by atoms with E-state index in [0.717, 1.165) is 47.8 Å². The Balaban J connectivity index is 1.73. The van der Waals surface area contributed by atoms with Crippen molar-refractivity contribution in [1.82, 2.24) is 4.90 Å². The van der Waals surface area contributed by atoms with Crippen LogP contribution in [0.4, 0.5) is 5.69 Å². The van der Waals surface area contributed by atoms with Crippen LogP contribution in [0.2, 0.25) is 0 Å². The molecule has 0 N–H and O–H groups in total. The van der Waals surface area contributed by atoms with Gasteiger partial charge in [0.25, 0.3) is 0 Å². The van der Waals surface area contributed by atoms with E-state index in [1.165, 1.54) is 0 Å². The second kappa shape index (κ2) is 8.60. The third-order valence-corrected chi connectivity index (χ3v) is 5.67. The highest BCUT2D eigenvalue weighted by molar-refractivity contribution is 7.98. The van der Waals surface area contributed by atoms with Gasteiger partial charge < -0.3 is 9.64 Å². The van der Waals surface area contributed by atoms with Crippen LogP contribution in [0, 0.1) is 0 Å². The number of methoxy groups -OCH3 is 1. The fraction of sp³-hybridized carbons (Fsp3) is 0.381. The monoisotopic (exact) mass is 370 g/mol. The lowest BCUT2D eigenvalue weighted by Gasteiger charge is -2.37. The van der Waals surface area contributed by atoms with Gasteiger partial charge in [-0.15, -0.1) is 11.8 Å². The van der Waals surface area contributed by atoms with Gasteiger partial charge in [-0.2, -0.15) is 0 Å². The topological polar surface area (TPSA) is 32.8 Å². The molecule has 5 heteroatoms. The molecule has 0 saturated carbocycles. The average molecular weight is 371 g/mol. The first-order chi connectivity index (χ1) is 12.6. The predicted molar refractivity (Wildman–Crippen MR) is 108 cm³/mol. The lowest BCUT2D eigenvalue weighted by molar-refractivity contribution is -0.125. The number of rotatable bonds is 6. The summed E-state index contributed by atoms with van der Waals surface area (Å²) in [6, 6.07) is 16.1. The zero-order valence-corrected chi connectivity index (χ0v) is 16.5. The van der Waals surface area contributed by atoms with Crippen molar-refractivity contribution in [1.29, 1.82) is 0 Å². The van der Waals surface area contributed by atoms with Crippen molar-refractivity contribution in [3.8, 4) is 5.75 Å². The number of anilines is 1. The molecular formula is C21H26N2O2S. The Kier molecular flexibility index (Phi) is 6.22. The van der Waals surface area contributed by atoms with Crippen molar-refractivity contribution in [2.45, 2.75) is 30.3 Å². The number of benzene rings is 2. The van der Waals surface area contributed by atoms with Gasteiger partial charge in [0.2, 0.25) is 5.91 Å². The highest BCUT2D eigenvalue weighted by Crippen LogP contribution is 2.29. The van der Waals surface area contributed by atoms with Crippen LogP contribution in [0.5, 0.6) is 5.75 Å². The molecule has 1 aliphatic heterocycles. The van der Waals surface area contributed by atoms with Crippen molar-refractivity contribution >= 4 is 23.4 Å². The summed E-state index contributed by atoms with van der Waals surface area (Å²) in [4.78, 5) is 18.2. The number of hydrogen-bond donors (Lipinski definition) is 0. The molecule has 2 aromatic carbocycles. The number of nitrogens with zero attached hydrogens (tertiary/aromatic N) is 2. The Morgan fingerprint density at radius 2 is 2.00 bits per heavy atom. The first-order valence-corrected chi connectivity index (χ1v) is 10.1. The Hall–Kier alpha value is -1.98. The second-order valence-electron chi connectivity index (χ2n) is 6.59. The molecule has 3 rings (SSSR count). The Labute approximate surface area is 160 Å². The van der Waals surface area contributed by atoms with Crippen LogP contribution in [-0.4, -0.2) is 43.8 Å². The lowest BCUT2D eigenvalue weighted by Crippen LogP contribution is -2.51. The summed E-state index contributed by atoms with van der Waals surface area (Å²) in [5.41, 5.74) is 2.15. The quantitative estimate of drug-likeness (QED) is 0.719. The normalized spacial score (nSPS) is 17.6. The van der Waals surface area contributed by atoms with E-state index < -0.39 is 0 Å².